The molecule has 42 heavy (non-hydrogen) atoms. The topological polar surface area (TPSA) is 124 Å². The molecule has 4 aromatic rings. The number of hydrogen-bond acceptors (Lipinski definition) is 4. The highest BCUT2D eigenvalue weighted by molar-refractivity contribution is 6.05. The monoisotopic (exact) mass is 584 g/mol. The quantitative estimate of drug-likeness (QED) is 0.176. The van der Waals surface area contributed by atoms with Crippen molar-refractivity contribution < 1.29 is 41.4 Å². The molecule has 2 amide bonds. The van der Waals surface area contributed by atoms with Crippen molar-refractivity contribution in [3.8, 4) is 22.5 Å². The van der Waals surface area contributed by atoms with Gasteiger partial charge >= 0.3 is 12.1 Å². The maximum atomic E-state index is 14.7. The number of carboxylic acid groups (broad SMARTS) is 1. The molecule has 1 aliphatic rings. The highest BCUT2D eigenvalue weighted by Crippen LogP contribution is 2.30. The summed E-state index contributed by atoms with van der Waals surface area (Å²) in [6.07, 6.45) is -2.18. The third-order valence-electron chi connectivity index (χ3n) is 5.92. The van der Waals surface area contributed by atoms with Gasteiger partial charge in [0.2, 0.25) is 0 Å². The van der Waals surface area contributed by atoms with Crippen LogP contribution in [0.2, 0.25) is 0 Å². The molecule has 0 bridgehead atoms. The number of nitrogens with one attached hydrogen (secondary N) is 3. The molecule has 5 rings (SSSR count). The second-order valence-corrected chi connectivity index (χ2v) is 8.87. The van der Waals surface area contributed by atoms with Crippen LogP contribution in [0, 0.1) is 5.82 Å². The Hall–Kier alpha value is -5.33. The van der Waals surface area contributed by atoms with Gasteiger partial charge < -0.3 is 20.7 Å². The van der Waals surface area contributed by atoms with E-state index < -0.39 is 29.7 Å². The summed E-state index contributed by atoms with van der Waals surface area (Å²) < 4.78 is 60.8. The highest BCUT2D eigenvalue weighted by Gasteiger charge is 2.38. The van der Waals surface area contributed by atoms with E-state index >= 15 is 0 Å². The third kappa shape index (κ3) is 7.24. The molecule has 0 unspecified atom stereocenters. The number of halogens is 5. The van der Waals surface area contributed by atoms with E-state index in [1.807, 2.05) is 0 Å². The maximum absolute atomic E-state index is 14.7. The van der Waals surface area contributed by atoms with E-state index in [0.717, 1.165) is 18.0 Å². The molecule has 3 heterocycles. The van der Waals surface area contributed by atoms with E-state index in [2.05, 4.69) is 20.6 Å². The van der Waals surface area contributed by atoms with E-state index in [4.69, 9.17) is 9.90 Å². The van der Waals surface area contributed by atoms with E-state index in [0.29, 0.717) is 46.7 Å². The zero-order valence-corrected chi connectivity index (χ0v) is 21.4. The molecular formula is C29H21F5N4O4. The number of anilines is 1. The van der Waals surface area contributed by atoms with Crippen molar-refractivity contribution in [2.75, 3.05) is 11.9 Å². The summed E-state index contributed by atoms with van der Waals surface area (Å²) in [7, 11) is 0. The molecule has 0 saturated heterocycles. The largest absolute Gasteiger partial charge is 0.490 e. The fourth-order valence-electron chi connectivity index (χ4n) is 3.95. The number of nitrogens with zero attached hydrogens (tertiary/aromatic N) is 1. The number of carboxylic acids is 1. The van der Waals surface area contributed by atoms with Gasteiger partial charge in [0.25, 0.3) is 11.8 Å². The van der Waals surface area contributed by atoms with Gasteiger partial charge in [-0.2, -0.15) is 13.2 Å². The SMILES string of the molecule is O=C(Nc1cccc(-c2cc(-c3cc4c([nH]3)CCNC4=O)c(F)cn2)c1)/C(F)=C/c1ccccc1.O=C(O)C(F)(F)F. The number of H-pyrrole nitrogens is 1. The summed E-state index contributed by atoms with van der Waals surface area (Å²) in [6, 6.07) is 18.6. The van der Waals surface area contributed by atoms with E-state index in [9.17, 15) is 31.5 Å². The summed E-state index contributed by atoms with van der Waals surface area (Å²) in [6.45, 7) is 0.523. The lowest BCUT2D eigenvalue weighted by atomic mass is 10.1. The molecule has 8 nitrogen and oxygen atoms in total. The number of hydrogen-bond donors (Lipinski definition) is 4. The van der Waals surface area contributed by atoms with Crippen LogP contribution in [0.25, 0.3) is 28.6 Å². The maximum Gasteiger partial charge on any atom is 0.490 e. The van der Waals surface area contributed by atoms with Crippen molar-refractivity contribution in [1.29, 1.82) is 0 Å². The van der Waals surface area contributed by atoms with Crippen molar-refractivity contribution in [3.05, 3.63) is 101 Å². The predicted molar refractivity (Wildman–Crippen MR) is 143 cm³/mol. The number of carbonyl (C=O) groups excluding carboxylic acids is 2. The number of amides is 2. The fourth-order valence-corrected chi connectivity index (χ4v) is 3.95. The highest BCUT2D eigenvalue weighted by atomic mass is 19.4. The van der Waals surface area contributed by atoms with Crippen molar-refractivity contribution >= 4 is 29.5 Å². The molecule has 4 N–H and O–H groups in total. The van der Waals surface area contributed by atoms with Crippen LogP contribution in [-0.4, -0.2) is 45.6 Å². The molecule has 0 saturated carbocycles. The molecule has 2 aromatic heterocycles. The summed E-state index contributed by atoms with van der Waals surface area (Å²) in [5.41, 5.74) is 4.00. The Bertz CT molecular complexity index is 1670. The minimum Gasteiger partial charge on any atom is -0.475 e. The number of carbonyl (C=O) groups is 3. The normalized spacial score (nSPS) is 12.9. The molecule has 0 spiro atoms. The Balaban J connectivity index is 0.000000517. The van der Waals surface area contributed by atoms with Crippen molar-refractivity contribution in [1.82, 2.24) is 15.3 Å². The predicted octanol–water partition coefficient (Wildman–Crippen LogP) is 5.75. The first-order valence-electron chi connectivity index (χ1n) is 12.2. The first-order valence-corrected chi connectivity index (χ1v) is 12.2. The third-order valence-corrected chi connectivity index (χ3v) is 5.92. The average molecular weight is 585 g/mol. The van der Waals surface area contributed by atoms with Gasteiger partial charge in [0.1, 0.15) is 0 Å². The Kier molecular flexibility index (Phi) is 8.79. The second-order valence-electron chi connectivity index (χ2n) is 8.87. The Morgan fingerprint density at radius 3 is 2.38 bits per heavy atom. The second kappa shape index (κ2) is 12.5. The van der Waals surface area contributed by atoms with E-state index in [1.54, 1.807) is 66.7 Å². The first kappa shape index (κ1) is 29.6. The van der Waals surface area contributed by atoms with Crippen LogP contribution in [0.3, 0.4) is 0 Å². The van der Waals surface area contributed by atoms with Crippen LogP contribution >= 0.6 is 0 Å². The van der Waals surface area contributed by atoms with Gasteiger partial charge in [-0.3, -0.25) is 14.6 Å². The van der Waals surface area contributed by atoms with Gasteiger partial charge in [0, 0.05) is 41.2 Å². The average Bonchev–Trinajstić information content (AvgIpc) is 3.39. The molecular weight excluding hydrogens is 563 g/mol. The van der Waals surface area contributed by atoms with Gasteiger partial charge in [-0.05, 0) is 35.9 Å². The Morgan fingerprint density at radius 1 is 1.00 bits per heavy atom. The summed E-state index contributed by atoms with van der Waals surface area (Å²) >= 11 is 0. The minimum absolute atomic E-state index is 0.194. The molecule has 216 valence electrons. The number of rotatable bonds is 5. The number of aliphatic carboxylic acids is 1. The van der Waals surface area contributed by atoms with Crippen molar-refractivity contribution in [2.45, 2.75) is 12.6 Å². The number of pyridine rings is 1. The van der Waals surface area contributed by atoms with Crippen LogP contribution < -0.4 is 10.6 Å². The molecule has 0 fully saturated rings. The first-order chi connectivity index (χ1) is 19.9. The zero-order valence-electron chi connectivity index (χ0n) is 21.4. The number of benzene rings is 2. The number of aromatic amines is 1. The lowest BCUT2D eigenvalue weighted by Crippen LogP contribution is -2.31. The molecule has 2 aromatic carbocycles. The molecule has 1 aliphatic heterocycles. The van der Waals surface area contributed by atoms with Crippen LogP contribution in [0.15, 0.2) is 78.8 Å². The molecule has 0 atom stereocenters. The van der Waals surface area contributed by atoms with Gasteiger partial charge in [-0.15, -0.1) is 0 Å². The van der Waals surface area contributed by atoms with Crippen LogP contribution in [0.4, 0.5) is 27.6 Å². The molecule has 0 radical (unpaired) electrons. The standard InChI is InChI=1S/C27H20F2N4O2.C2HF3O2/c28-21(11-16-5-2-1-3-6-16)27(35)32-18-8-4-7-17(12-18)24-13-19(22(29)15-31-24)25-14-20-23(33-25)9-10-30-26(20)34;3-2(4,5)1(6)7/h1-8,11-15,33H,9-10H2,(H,30,34)(H,32,35);(H,6,7)/b21-11-;. The van der Waals surface area contributed by atoms with Crippen LogP contribution in [0.1, 0.15) is 21.6 Å². The number of alkyl halides is 3. The van der Waals surface area contributed by atoms with Gasteiger partial charge in [0.15, 0.2) is 11.6 Å². The van der Waals surface area contributed by atoms with Gasteiger partial charge in [-0.25, -0.2) is 13.6 Å². The lowest BCUT2D eigenvalue weighted by molar-refractivity contribution is -0.192. The summed E-state index contributed by atoms with van der Waals surface area (Å²) in [5.74, 6) is -5.30. The zero-order chi connectivity index (χ0) is 30.4. The Morgan fingerprint density at radius 2 is 1.71 bits per heavy atom. The smallest absolute Gasteiger partial charge is 0.475 e. The summed E-state index contributed by atoms with van der Waals surface area (Å²) in [5, 5.41) is 12.4. The fraction of sp³-hybridized carbons (Fsp3) is 0.103. The number of aromatic nitrogens is 2. The Labute approximate surface area is 234 Å². The minimum atomic E-state index is -5.08. The van der Waals surface area contributed by atoms with Crippen molar-refractivity contribution in [3.63, 3.8) is 0 Å². The summed E-state index contributed by atoms with van der Waals surface area (Å²) in [4.78, 5) is 40.6. The molecule has 13 heteroatoms. The van der Waals surface area contributed by atoms with Gasteiger partial charge in [0.05, 0.1) is 17.5 Å². The lowest BCUT2D eigenvalue weighted by Gasteiger charge is -2.11. The van der Waals surface area contributed by atoms with Crippen LogP contribution in [-0.2, 0) is 16.0 Å². The van der Waals surface area contributed by atoms with E-state index in [1.165, 1.54) is 0 Å². The van der Waals surface area contributed by atoms with Crippen molar-refractivity contribution in [2.24, 2.45) is 0 Å². The van der Waals surface area contributed by atoms with E-state index in [-0.39, 0.29) is 11.5 Å². The molecule has 0 aliphatic carbocycles. The van der Waals surface area contributed by atoms with Gasteiger partial charge in [-0.1, -0.05) is 42.5 Å². The number of fused-ring (bicyclic) bond motifs is 1. The van der Waals surface area contributed by atoms with Crippen LogP contribution in [0.5, 0.6) is 0 Å².